The molecule has 3 aromatic rings. The van der Waals surface area contributed by atoms with E-state index in [1.807, 2.05) is 0 Å². The van der Waals surface area contributed by atoms with Gasteiger partial charge < -0.3 is 10.1 Å². The second-order valence-corrected chi connectivity index (χ2v) is 7.17. The number of hydrogen-bond donors (Lipinski definition) is 1. The van der Waals surface area contributed by atoms with Crippen LogP contribution >= 0.6 is 0 Å². The largest absolute Gasteiger partial charge is 0.372 e. The fourth-order valence-corrected chi connectivity index (χ4v) is 4.02. The normalized spacial score (nSPS) is 16.3. The van der Waals surface area contributed by atoms with E-state index in [0.717, 1.165) is 32.5 Å². The summed E-state index contributed by atoms with van der Waals surface area (Å²) < 4.78 is 6.02. The maximum absolute atomic E-state index is 6.02. The number of hydrogen-bond acceptors (Lipinski definition) is 2. The minimum atomic E-state index is 0.168. The number of ether oxygens (including phenoxy) is 1. The smallest absolute Gasteiger partial charge is 0.0952 e. The van der Waals surface area contributed by atoms with E-state index >= 15 is 0 Å². The summed E-state index contributed by atoms with van der Waals surface area (Å²) in [7, 11) is 0. The first-order valence-electron chi connectivity index (χ1n) is 9.92. The summed E-state index contributed by atoms with van der Waals surface area (Å²) in [6.45, 7) is 2.66. The van der Waals surface area contributed by atoms with Gasteiger partial charge in [0.05, 0.1) is 12.7 Å². The van der Waals surface area contributed by atoms with E-state index < -0.39 is 0 Å². The molecule has 4 rings (SSSR count). The van der Waals surface area contributed by atoms with E-state index in [9.17, 15) is 0 Å². The molecule has 0 fully saturated rings. The zero-order valence-electron chi connectivity index (χ0n) is 15.7. The second kappa shape index (κ2) is 8.98. The molecule has 138 valence electrons. The summed E-state index contributed by atoms with van der Waals surface area (Å²) in [4.78, 5) is 0. The van der Waals surface area contributed by atoms with Gasteiger partial charge in [-0.15, -0.1) is 0 Å². The van der Waals surface area contributed by atoms with Crippen LogP contribution in [0.1, 0.15) is 40.7 Å². The van der Waals surface area contributed by atoms with Gasteiger partial charge in [0, 0.05) is 12.5 Å². The average Bonchev–Trinajstić information content (AvgIpc) is 2.75. The van der Waals surface area contributed by atoms with Gasteiger partial charge >= 0.3 is 0 Å². The molecule has 1 heterocycles. The van der Waals surface area contributed by atoms with Crippen LogP contribution in [-0.2, 0) is 11.2 Å². The van der Waals surface area contributed by atoms with E-state index in [2.05, 4.69) is 90.2 Å². The maximum atomic E-state index is 6.02. The highest BCUT2D eigenvalue weighted by atomic mass is 16.5. The highest BCUT2D eigenvalue weighted by molar-refractivity contribution is 5.33. The third kappa shape index (κ3) is 4.47. The summed E-state index contributed by atoms with van der Waals surface area (Å²) in [5.74, 6) is 0.416. The Bertz CT molecular complexity index is 792. The summed E-state index contributed by atoms with van der Waals surface area (Å²) in [5.41, 5.74) is 5.54. The van der Waals surface area contributed by atoms with E-state index in [-0.39, 0.29) is 6.10 Å². The molecule has 0 bridgehead atoms. The van der Waals surface area contributed by atoms with Crippen LogP contribution in [0.4, 0.5) is 0 Å². The van der Waals surface area contributed by atoms with Crippen molar-refractivity contribution in [1.82, 2.24) is 5.32 Å². The van der Waals surface area contributed by atoms with E-state index in [0.29, 0.717) is 5.92 Å². The molecular weight excluding hydrogens is 330 g/mol. The SMILES string of the molecule is c1ccc(C(CCNCC2OCCc3ccccc32)c2ccccc2)cc1. The van der Waals surface area contributed by atoms with Crippen molar-refractivity contribution in [1.29, 1.82) is 0 Å². The van der Waals surface area contributed by atoms with Crippen molar-refractivity contribution in [3.63, 3.8) is 0 Å². The lowest BCUT2D eigenvalue weighted by atomic mass is 9.88. The topological polar surface area (TPSA) is 21.3 Å². The van der Waals surface area contributed by atoms with Crippen molar-refractivity contribution >= 4 is 0 Å². The van der Waals surface area contributed by atoms with E-state index in [4.69, 9.17) is 4.74 Å². The van der Waals surface area contributed by atoms with Gasteiger partial charge in [-0.05, 0) is 41.6 Å². The van der Waals surface area contributed by atoms with Crippen molar-refractivity contribution in [3.05, 3.63) is 107 Å². The molecule has 0 spiro atoms. The van der Waals surface area contributed by atoms with Gasteiger partial charge in [0.15, 0.2) is 0 Å². The molecule has 27 heavy (non-hydrogen) atoms. The molecule has 0 aliphatic carbocycles. The summed E-state index contributed by atoms with van der Waals surface area (Å²) in [6, 6.07) is 30.3. The first kappa shape index (κ1) is 18.0. The molecule has 2 heteroatoms. The molecule has 0 amide bonds. The summed E-state index contributed by atoms with van der Waals surface area (Å²) >= 11 is 0. The van der Waals surface area contributed by atoms with Crippen molar-refractivity contribution in [3.8, 4) is 0 Å². The van der Waals surface area contributed by atoms with Crippen LogP contribution in [0.3, 0.4) is 0 Å². The van der Waals surface area contributed by atoms with E-state index in [1.165, 1.54) is 22.3 Å². The standard InChI is InChI=1S/C25H27NO/c1-3-9-20(10-4-1)23(21-11-5-2-6-12-21)15-17-26-19-25-24-14-8-7-13-22(24)16-18-27-25/h1-14,23,25-26H,15-19H2. The number of benzene rings is 3. The quantitative estimate of drug-likeness (QED) is 0.593. The zero-order chi connectivity index (χ0) is 18.3. The van der Waals surface area contributed by atoms with Crippen LogP contribution in [0.15, 0.2) is 84.9 Å². The highest BCUT2D eigenvalue weighted by Crippen LogP contribution is 2.28. The Morgan fingerprint density at radius 2 is 1.44 bits per heavy atom. The Kier molecular flexibility index (Phi) is 5.98. The van der Waals surface area contributed by atoms with Crippen LogP contribution in [0.2, 0.25) is 0 Å². The molecule has 1 unspecified atom stereocenters. The third-order valence-corrected chi connectivity index (χ3v) is 5.44. The molecule has 1 aliphatic heterocycles. The van der Waals surface area contributed by atoms with Crippen molar-refractivity contribution in [2.75, 3.05) is 19.7 Å². The molecule has 0 aromatic heterocycles. The Hall–Kier alpha value is -2.42. The van der Waals surface area contributed by atoms with Gasteiger partial charge in [-0.25, -0.2) is 0 Å². The maximum Gasteiger partial charge on any atom is 0.0952 e. The molecule has 2 nitrogen and oxygen atoms in total. The molecule has 1 atom stereocenters. The number of rotatable bonds is 7. The summed E-state index contributed by atoms with van der Waals surface area (Å²) in [5, 5.41) is 3.64. The average molecular weight is 357 g/mol. The first-order valence-corrected chi connectivity index (χ1v) is 9.92. The lowest BCUT2D eigenvalue weighted by Gasteiger charge is -2.26. The molecule has 0 radical (unpaired) electrons. The minimum absolute atomic E-state index is 0.168. The van der Waals surface area contributed by atoms with Crippen LogP contribution in [0.5, 0.6) is 0 Å². The lowest BCUT2D eigenvalue weighted by Crippen LogP contribution is -2.28. The number of fused-ring (bicyclic) bond motifs is 1. The van der Waals surface area contributed by atoms with Crippen molar-refractivity contribution in [2.45, 2.75) is 24.9 Å². The minimum Gasteiger partial charge on any atom is -0.372 e. The van der Waals surface area contributed by atoms with Gasteiger partial charge in [-0.3, -0.25) is 0 Å². The van der Waals surface area contributed by atoms with Gasteiger partial charge in [0.25, 0.3) is 0 Å². The third-order valence-electron chi connectivity index (χ3n) is 5.44. The molecule has 1 N–H and O–H groups in total. The Morgan fingerprint density at radius 1 is 0.815 bits per heavy atom. The monoisotopic (exact) mass is 357 g/mol. The molecule has 0 saturated carbocycles. The lowest BCUT2D eigenvalue weighted by molar-refractivity contribution is 0.0426. The predicted molar refractivity (Wildman–Crippen MR) is 111 cm³/mol. The fourth-order valence-electron chi connectivity index (χ4n) is 4.02. The molecular formula is C25H27NO. The van der Waals surface area contributed by atoms with E-state index in [1.54, 1.807) is 0 Å². The molecule has 0 saturated heterocycles. The van der Waals surface area contributed by atoms with Crippen molar-refractivity contribution in [2.24, 2.45) is 0 Å². The molecule has 1 aliphatic rings. The first-order chi connectivity index (χ1) is 13.4. The number of nitrogens with one attached hydrogen (secondary N) is 1. The predicted octanol–water partition coefficient (Wildman–Crippen LogP) is 5.11. The van der Waals surface area contributed by atoms with Gasteiger partial charge in [0.2, 0.25) is 0 Å². The second-order valence-electron chi connectivity index (χ2n) is 7.17. The van der Waals surface area contributed by atoms with Crippen molar-refractivity contribution < 1.29 is 4.74 Å². The van der Waals surface area contributed by atoms with Gasteiger partial charge in [-0.1, -0.05) is 84.9 Å². The Balaban J connectivity index is 1.38. The Labute approximate surface area is 162 Å². The van der Waals surface area contributed by atoms with Crippen LogP contribution in [-0.4, -0.2) is 19.7 Å². The zero-order valence-corrected chi connectivity index (χ0v) is 15.7. The van der Waals surface area contributed by atoms with Gasteiger partial charge in [-0.2, -0.15) is 0 Å². The van der Waals surface area contributed by atoms with Gasteiger partial charge in [0.1, 0.15) is 0 Å². The summed E-state index contributed by atoms with van der Waals surface area (Å²) in [6.07, 6.45) is 2.26. The van der Waals surface area contributed by atoms with Crippen LogP contribution in [0.25, 0.3) is 0 Å². The Morgan fingerprint density at radius 3 is 2.15 bits per heavy atom. The van der Waals surface area contributed by atoms with Crippen LogP contribution in [0, 0.1) is 0 Å². The molecule has 3 aromatic carbocycles. The van der Waals surface area contributed by atoms with Crippen LogP contribution < -0.4 is 5.32 Å². The fraction of sp³-hybridized carbons (Fsp3) is 0.280. The highest BCUT2D eigenvalue weighted by Gasteiger charge is 2.20.